The van der Waals surface area contributed by atoms with Crippen molar-refractivity contribution in [2.45, 2.75) is 4.90 Å². The van der Waals surface area contributed by atoms with Crippen molar-refractivity contribution in [1.82, 2.24) is 0 Å². The average molecular weight is 307 g/mol. The summed E-state index contributed by atoms with van der Waals surface area (Å²) in [5.41, 5.74) is 0.884. The van der Waals surface area contributed by atoms with Crippen molar-refractivity contribution in [1.29, 1.82) is 0 Å². The molecule has 2 rings (SSSR count). The summed E-state index contributed by atoms with van der Waals surface area (Å²) in [5, 5.41) is 0. The standard InChI is InChI=1S/C14H11BrOS/c1-11(13-9-5-6-10-14(13)15)17(16)12-7-3-2-4-8-12/h2-10H,1H2. The van der Waals surface area contributed by atoms with Crippen LogP contribution in [0, 0.1) is 0 Å². The van der Waals surface area contributed by atoms with E-state index in [4.69, 9.17) is 0 Å². The van der Waals surface area contributed by atoms with Gasteiger partial charge in [-0.15, -0.1) is 0 Å². The van der Waals surface area contributed by atoms with Crippen molar-refractivity contribution in [3.8, 4) is 0 Å². The number of halogens is 1. The molecule has 0 fully saturated rings. The third-order valence-corrected chi connectivity index (χ3v) is 4.41. The summed E-state index contributed by atoms with van der Waals surface area (Å²) in [5.74, 6) is 0. The molecular weight excluding hydrogens is 296 g/mol. The van der Waals surface area contributed by atoms with E-state index in [9.17, 15) is 4.21 Å². The lowest BCUT2D eigenvalue weighted by molar-refractivity contribution is 0.689. The summed E-state index contributed by atoms with van der Waals surface area (Å²) in [4.78, 5) is 1.39. The Morgan fingerprint density at radius 3 is 2.24 bits per heavy atom. The molecule has 2 aromatic carbocycles. The van der Waals surface area contributed by atoms with Crippen LogP contribution in [-0.4, -0.2) is 4.21 Å². The Bertz CT molecular complexity index is 563. The van der Waals surface area contributed by atoms with Crippen molar-refractivity contribution < 1.29 is 4.21 Å². The fraction of sp³-hybridized carbons (Fsp3) is 0. The van der Waals surface area contributed by atoms with Gasteiger partial charge < -0.3 is 0 Å². The first-order valence-corrected chi connectivity index (χ1v) is 7.05. The molecule has 0 spiro atoms. The Morgan fingerprint density at radius 2 is 1.59 bits per heavy atom. The second-order valence-corrected chi connectivity index (χ2v) is 5.84. The highest BCUT2D eigenvalue weighted by Crippen LogP contribution is 2.28. The van der Waals surface area contributed by atoms with Gasteiger partial charge >= 0.3 is 0 Å². The molecule has 86 valence electrons. The van der Waals surface area contributed by atoms with Gasteiger partial charge in [0.05, 0.1) is 10.8 Å². The minimum absolute atomic E-state index is 0.615. The van der Waals surface area contributed by atoms with Gasteiger partial charge in [-0.1, -0.05) is 58.9 Å². The third kappa shape index (κ3) is 2.73. The average Bonchev–Trinajstić information content (AvgIpc) is 2.39. The van der Waals surface area contributed by atoms with Crippen molar-refractivity contribution in [3.63, 3.8) is 0 Å². The van der Waals surface area contributed by atoms with Crippen molar-refractivity contribution in [3.05, 3.63) is 71.2 Å². The van der Waals surface area contributed by atoms with Gasteiger partial charge in [-0.3, -0.25) is 0 Å². The normalized spacial score (nSPS) is 12.1. The number of hydrogen-bond donors (Lipinski definition) is 0. The fourth-order valence-corrected chi connectivity index (χ4v) is 3.20. The van der Waals surface area contributed by atoms with E-state index in [2.05, 4.69) is 22.5 Å². The molecule has 3 heteroatoms. The van der Waals surface area contributed by atoms with Crippen LogP contribution < -0.4 is 0 Å². The van der Waals surface area contributed by atoms with Crippen LogP contribution in [0.25, 0.3) is 4.91 Å². The Labute approximate surface area is 112 Å². The topological polar surface area (TPSA) is 17.1 Å². The first-order valence-electron chi connectivity index (χ1n) is 5.11. The SMILES string of the molecule is C=C(c1ccccc1Br)S(=O)c1ccccc1. The predicted molar refractivity (Wildman–Crippen MR) is 76.0 cm³/mol. The number of rotatable bonds is 3. The Kier molecular flexibility index (Phi) is 3.92. The van der Waals surface area contributed by atoms with Crippen LogP contribution in [0.3, 0.4) is 0 Å². The van der Waals surface area contributed by atoms with Crippen molar-refractivity contribution >= 4 is 31.6 Å². The van der Waals surface area contributed by atoms with E-state index in [0.717, 1.165) is 14.9 Å². The number of benzene rings is 2. The maximum atomic E-state index is 12.3. The molecule has 0 aliphatic rings. The van der Waals surface area contributed by atoms with E-state index in [0.29, 0.717) is 4.91 Å². The zero-order valence-corrected chi connectivity index (χ0v) is 11.5. The third-order valence-electron chi connectivity index (χ3n) is 2.36. The molecule has 2 aromatic rings. The molecule has 0 bridgehead atoms. The van der Waals surface area contributed by atoms with Gasteiger partial charge in [0.2, 0.25) is 0 Å². The van der Waals surface area contributed by atoms with Crippen LogP contribution in [0.2, 0.25) is 0 Å². The highest BCUT2D eigenvalue weighted by atomic mass is 79.9. The summed E-state index contributed by atoms with van der Waals surface area (Å²) in [7, 11) is -1.21. The summed E-state index contributed by atoms with van der Waals surface area (Å²) in [6.07, 6.45) is 0. The first-order chi connectivity index (χ1) is 8.20. The maximum absolute atomic E-state index is 12.3. The lowest BCUT2D eigenvalue weighted by Crippen LogP contribution is -1.95. The summed E-state index contributed by atoms with van der Waals surface area (Å²) < 4.78 is 13.2. The van der Waals surface area contributed by atoms with Crippen LogP contribution in [0.1, 0.15) is 5.56 Å². The second-order valence-electron chi connectivity index (χ2n) is 3.48. The van der Waals surface area contributed by atoms with E-state index < -0.39 is 10.8 Å². The molecule has 0 aromatic heterocycles. The highest BCUT2D eigenvalue weighted by molar-refractivity contribution is 9.10. The molecule has 0 heterocycles. The van der Waals surface area contributed by atoms with Crippen LogP contribution in [0.4, 0.5) is 0 Å². The molecule has 0 N–H and O–H groups in total. The molecular formula is C14H11BrOS. The summed E-state index contributed by atoms with van der Waals surface area (Å²) in [6.45, 7) is 3.93. The van der Waals surface area contributed by atoms with Crippen molar-refractivity contribution in [2.75, 3.05) is 0 Å². The molecule has 17 heavy (non-hydrogen) atoms. The summed E-state index contributed by atoms with van der Waals surface area (Å²) >= 11 is 3.44. The fourth-order valence-electron chi connectivity index (χ4n) is 1.47. The van der Waals surface area contributed by atoms with Gasteiger partial charge in [0.1, 0.15) is 0 Å². The molecule has 1 nitrogen and oxygen atoms in total. The molecule has 1 atom stereocenters. The van der Waals surface area contributed by atoms with Crippen LogP contribution in [0.15, 0.2) is 70.5 Å². The lowest BCUT2D eigenvalue weighted by Gasteiger charge is -2.07. The maximum Gasteiger partial charge on any atom is 0.0850 e. The van der Waals surface area contributed by atoms with E-state index in [1.54, 1.807) is 0 Å². The monoisotopic (exact) mass is 306 g/mol. The van der Waals surface area contributed by atoms with Gasteiger partial charge in [-0.25, -0.2) is 4.21 Å². The predicted octanol–water partition coefficient (Wildman–Crippen LogP) is 4.23. The first kappa shape index (κ1) is 12.3. The van der Waals surface area contributed by atoms with Crippen LogP contribution in [0.5, 0.6) is 0 Å². The minimum atomic E-state index is -1.21. The molecule has 0 radical (unpaired) electrons. The zero-order valence-electron chi connectivity index (χ0n) is 9.10. The van der Waals surface area contributed by atoms with Gasteiger partial charge in [0.15, 0.2) is 0 Å². The zero-order chi connectivity index (χ0) is 12.3. The smallest absolute Gasteiger partial charge is 0.0850 e. The molecule has 0 aliphatic carbocycles. The second kappa shape index (κ2) is 5.43. The van der Waals surface area contributed by atoms with Crippen molar-refractivity contribution in [2.24, 2.45) is 0 Å². The Balaban J connectivity index is 2.34. The van der Waals surface area contributed by atoms with Gasteiger partial charge in [-0.2, -0.15) is 0 Å². The lowest BCUT2D eigenvalue weighted by atomic mass is 10.2. The van der Waals surface area contributed by atoms with E-state index in [1.807, 2.05) is 54.6 Å². The summed E-state index contributed by atoms with van der Waals surface area (Å²) in [6, 6.07) is 17.0. The molecule has 0 saturated heterocycles. The molecule has 1 unspecified atom stereocenters. The quantitative estimate of drug-likeness (QED) is 0.829. The molecule has 0 saturated carbocycles. The van der Waals surface area contributed by atoms with Crippen LogP contribution in [-0.2, 0) is 10.8 Å². The van der Waals surface area contributed by atoms with Crippen LogP contribution >= 0.6 is 15.9 Å². The molecule has 0 aliphatic heterocycles. The van der Waals surface area contributed by atoms with Gasteiger partial charge in [0, 0.05) is 19.8 Å². The Hall–Kier alpha value is -1.19. The Morgan fingerprint density at radius 1 is 1.00 bits per heavy atom. The van der Waals surface area contributed by atoms with Gasteiger partial charge in [0.25, 0.3) is 0 Å². The van der Waals surface area contributed by atoms with Gasteiger partial charge in [-0.05, 0) is 18.2 Å². The molecule has 0 amide bonds. The van der Waals surface area contributed by atoms with E-state index in [1.165, 1.54) is 0 Å². The highest BCUT2D eigenvalue weighted by Gasteiger charge is 2.12. The minimum Gasteiger partial charge on any atom is -0.249 e. The van der Waals surface area contributed by atoms with E-state index >= 15 is 0 Å². The number of hydrogen-bond acceptors (Lipinski definition) is 1. The largest absolute Gasteiger partial charge is 0.249 e. The van der Waals surface area contributed by atoms with E-state index in [-0.39, 0.29) is 0 Å².